The quantitative estimate of drug-likeness (QED) is 0.424. The van der Waals surface area contributed by atoms with Gasteiger partial charge in [0.1, 0.15) is 0 Å². The number of aryl methyl sites for hydroxylation is 2. The Kier molecular flexibility index (Phi) is 7.77. The fourth-order valence-electron chi connectivity index (χ4n) is 2.44. The molecule has 0 spiro atoms. The van der Waals surface area contributed by atoms with Gasteiger partial charge in [-0.3, -0.25) is 8.37 Å². The number of rotatable bonds is 10. The third-order valence-electron chi connectivity index (χ3n) is 4.21. The lowest BCUT2D eigenvalue weighted by atomic mass is 10.1. The van der Waals surface area contributed by atoms with Crippen LogP contribution in [0.5, 0.6) is 0 Å². The molecule has 2 aromatic carbocycles. The van der Waals surface area contributed by atoms with Gasteiger partial charge < -0.3 is 0 Å². The Morgan fingerprint density at radius 3 is 1.64 bits per heavy atom. The predicted octanol–water partition coefficient (Wildman–Crippen LogP) is 3.83. The van der Waals surface area contributed by atoms with Crippen molar-refractivity contribution in [1.82, 2.24) is 0 Å². The Balaban J connectivity index is 1.76. The van der Waals surface area contributed by atoms with Gasteiger partial charge in [-0.05, 0) is 56.9 Å². The van der Waals surface area contributed by atoms with Crippen molar-refractivity contribution < 1.29 is 25.2 Å². The fraction of sp³-hybridized carbons (Fsp3) is 0.400. The van der Waals surface area contributed by atoms with E-state index in [1.54, 1.807) is 24.3 Å². The summed E-state index contributed by atoms with van der Waals surface area (Å²) in [6.07, 6.45) is 1.05. The van der Waals surface area contributed by atoms with E-state index in [0.29, 0.717) is 12.8 Å². The first-order valence-electron chi connectivity index (χ1n) is 9.02. The maximum atomic E-state index is 12.2. The molecule has 0 fully saturated rings. The van der Waals surface area contributed by atoms with E-state index < -0.39 is 20.2 Å². The minimum atomic E-state index is -3.79. The Morgan fingerprint density at radius 2 is 1.18 bits per heavy atom. The van der Waals surface area contributed by atoms with Crippen LogP contribution in [0.15, 0.2) is 58.3 Å². The van der Waals surface area contributed by atoms with E-state index in [1.165, 1.54) is 24.3 Å². The Bertz CT molecular complexity index is 962. The average Bonchev–Trinajstić information content (AvgIpc) is 2.64. The Hall–Kier alpha value is -1.74. The molecule has 0 bridgehead atoms. The Labute approximate surface area is 167 Å². The zero-order valence-corrected chi connectivity index (χ0v) is 17.9. The van der Waals surface area contributed by atoms with Crippen LogP contribution in [0.2, 0.25) is 0 Å². The van der Waals surface area contributed by atoms with E-state index in [-0.39, 0.29) is 28.9 Å². The van der Waals surface area contributed by atoms with Crippen LogP contribution >= 0.6 is 0 Å². The molecular weight excluding hydrogens is 400 g/mol. The van der Waals surface area contributed by atoms with Crippen LogP contribution in [0.1, 0.15) is 30.9 Å². The molecule has 1 unspecified atom stereocenters. The molecule has 1 atom stereocenters. The molecule has 6 nitrogen and oxygen atoms in total. The predicted molar refractivity (Wildman–Crippen MR) is 107 cm³/mol. The van der Waals surface area contributed by atoms with Gasteiger partial charge in [0.05, 0.1) is 23.0 Å². The second-order valence-corrected chi connectivity index (χ2v) is 10.1. The van der Waals surface area contributed by atoms with E-state index in [4.69, 9.17) is 8.37 Å². The molecular formula is C20H26O6S2. The maximum absolute atomic E-state index is 12.2. The first-order chi connectivity index (χ1) is 13.1. The maximum Gasteiger partial charge on any atom is 0.296 e. The summed E-state index contributed by atoms with van der Waals surface area (Å²) in [6.45, 7) is 5.66. The first kappa shape index (κ1) is 22.5. The molecule has 0 radical (unpaired) electrons. The molecule has 154 valence electrons. The van der Waals surface area contributed by atoms with Gasteiger partial charge >= 0.3 is 0 Å². The second-order valence-electron chi connectivity index (χ2n) is 6.89. The van der Waals surface area contributed by atoms with Crippen LogP contribution < -0.4 is 0 Å². The van der Waals surface area contributed by atoms with Crippen molar-refractivity contribution in [1.29, 1.82) is 0 Å². The minimum Gasteiger partial charge on any atom is -0.266 e. The highest BCUT2D eigenvalue weighted by molar-refractivity contribution is 7.87. The van der Waals surface area contributed by atoms with Gasteiger partial charge in [-0.25, -0.2) is 0 Å². The van der Waals surface area contributed by atoms with Gasteiger partial charge in [0, 0.05) is 0 Å². The Morgan fingerprint density at radius 1 is 0.750 bits per heavy atom. The molecule has 0 N–H and O–H groups in total. The first-order valence-corrected chi connectivity index (χ1v) is 11.8. The van der Waals surface area contributed by atoms with E-state index >= 15 is 0 Å². The molecule has 0 aliphatic heterocycles. The number of benzene rings is 2. The van der Waals surface area contributed by atoms with Crippen LogP contribution in [0.3, 0.4) is 0 Å². The van der Waals surface area contributed by atoms with Crippen molar-refractivity contribution in [3.63, 3.8) is 0 Å². The smallest absolute Gasteiger partial charge is 0.266 e. The SMILES string of the molecule is Cc1ccc(S(=O)(=O)OCCCC(C)COS(=O)(=O)c2ccc(C)cc2)cc1. The molecule has 2 aromatic rings. The van der Waals surface area contributed by atoms with Crippen LogP contribution in [-0.2, 0) is 28.6 Å². The standard InChI is InChI=1S/C20H26O6S2/c1-16-6-10-19(11-7-16)27(21,22)25-14-4-5-18(3)15-26-28(23,24)20-12-8-17(2)9-13-20/h6-13,18H,4-5,14-15H2,1-3H3. The number of hydrogen-bond acceptors (Lipinski definition) is 6. The van der Waals surface area contributed by atoms with E-state index in [0.717, 1.165) is 11.1 Å². The molecule has 28 heavy (non-hydrogen) atoms. The lowest BCUT2D eigenvalue weighted by molar-refractivity contribution is 0.239. The highest BCUT2D eigenvalue weighted by atomic mass is 32.2. The fourth-order valence-corrected chi connectivity index (χ4v) is 4.40. The van der Waals surface area contributed by atoms with Crippen LogP contribution in [-0.4, -0.2) is 30.0 Å². The van der Waals surface area contributed by atoms with Crippen LogP contribution in [0.4, 0.5) is 0 Å². The zero-order chi connectivity index (χ0) is 20.8. The molecule has 0 aliphatic rings. The summed E-state index contributed by atoms with van der Waals surface area (Å²) < 4.78 is 58.7. The molecule has 0 aliphatic carbocycles. The summed E-state index contributed by atoms with van der Waals surface area (Å²) in [5.74, 6) is -0.0640. The van der Waals surface area contributed by atoms with E-state index in [1.807, 2.05) is 20.8 Å². The van der Waals surface area contributed by atoms with Gasteiger partial charge in [-0.2, -0.15) is 16.8 Å². The lowest BCUT2D eigenvalue weighted by Crippen LogP contribution is -2.14. The molecule has 8 heteroatoms. The molecule has 0 saturated heterocycles. The van der Waals surface area contributed by atoms with Crippen molar-refractivity contribution in [2.45, 2.75) is 43.4 Å². The topological polar surface area (TPSA) is 86.7 Å². The van der Waals surface area contributed by atoms with Crippen LogP contribution in [0.25, 0.3) is 0 Å². The van der Waals surface area contributed by atoms with Crippen molar-refractivity contribution in [3.05, 3.63) is 59.7 Å². The number of hydrogen-bond donors (Lipinski definition) is 0. The summed E-state index contributed by atoms with van der Waals surface area (Å²) >= 11 is 0. The summed E-state index contributed by atoms with van der Waals surface area (Å²) in [6, 6.07) is 12.9. The van der Waals surface area contributed by atoms with Gasteiger partial charge in [-0.1, -0.05) is 42.3 Å². The van der Waals surface area contributed by atoms with E-state index in [9.17, 15) is 16.8 Å². The van der Waals surface area contributed by atoms with Crippen molar-refractivity contribution in [2.75, 3.05) is 13.2 Å². The molecule has 0 heterocycles. The van der Waals surface area contributed by atoms with Gasteiger partial charge in [-0.15, -0.1) is 0 Å². The van der Waals surface area contributed by atoms with Crippen molar-refractivity contribution in [3.8, 4) is 0 Å². The van der Waals surface area contributed by atoms with Crippen molar-refractivity contribution in [2.24, 2.45) is 5.92 Å². The molecule has 0 saturated carbocycles. The monoisotopic (exact) mass is 426 g/mol. The third kappa shape index (κ3) is 6.70. The largest absolute Gasteiger partial charge is 0.296 e. The van der Waals surface area contributed by atoms with Crippen LogP contribution in [0, 0.1) is 19.8 Å². The van der Waals surface area contributed by atoms with E-state index in [2.05, 4.69) is 0 Å². The third-order valence-corrected chi connectivity index (χ3v) is 6.83. The average molecular weight is 427 g/mol. The summed E-state index contributed by atoms with van der Waals surface area (Å²) in [5.41, 5.74) is 1.93. The lowest BCUT2D eigenvalue weighted by Gasteiger charge is -2.12. The van der Waals surface area contributed by atoms with Gasteiger partial charge in [0.15, 0.2) is 0 Å². The summed E-state index contributed by atoms with van der Waals surface area (Å²) in [4.78, 5) is 0.247. The normalized spacial score (nSPS) is 13.4. The minimum absolute atomic E-state index is 0.0287. The summed E-state index contributed by atoms with van der Waals surface area (Å²) in [5, 5.41) is 0. The molecule has 2 rings (SSSR count). The molecule has 0 amide bonds. The van der Waals surface area contributed by atoms with Crippen molar-refractivity contribution >= 4 is 20.2 Å². The highest BCUT2D eigenvalue weighted by Gasteiger charge is 2.18. The van der Waals surface area contributed by atoms with Gasteiger partial charge in [0.2, 0.25) is 0 Å². The highest BCUT2D eigenvalue weighted by Crippen LogP contribution is 2.17. The summed E-state index contributed by atoms with van der Waals surface area (Å²) in [7, 11) is -7.57. The molecule has 0 aromatic heterocycles. The zero-order valence-electron chi connectivity index (χ0n) is 16.3. The second kappa shape index (κ2) is 9.65. The van der Waals surface area contributed by atoms with Gasteiger partial charge in [0.25, 0.3) is 20.2 Å².